The van der Waals surface area contributed by atoms with E-state index in [1.54, 1.807) is 7.05 Å². The molecule has 0 radical (unpaired) electrons. The van der Waals surface area contributed by atoms with Crippen LogP contribution >= 0.6 is 24.0 Å². The van der Waals surface area contributed by atoms with Gasteiger partial charge in [0.15, 0.2) is 5.13 Å². The zero-order valence-electron chi connectivity index (χ0n) is 6.48. The Balaban J connectivity index is 2.87. The summed E-state index contributed by atoms with van der Waals surface area (Å²) in [6.07, 6.45) is 0. The van der Waals surface area contributed by atoms with Crippen molar-refractivity contribution >= 4 is 34.8 Å². The largest absolute Gasteiger partial charge is 0.411 e. The van der Waals surface area contributed by atoms with Crippen molar-refractivity contribution in [3.05, 3.63) is 11.1 Å². The van der Waals surface area contributed by atoms with Crippen molar-refractivity contribution in [1.82, 2.24) is 4.98 Å². The number of nitrogens with one attached hydrogen (secondary N) is 1. The zero-order chi connectivity index (χ0) is 8.97. The second-order valence-electron chi connectivity index (χ2n) is 1.99. The molecule has 0 aliphatic carbocycles. The maximum atomic E-state index is 8.54. The fourth-order valence-electron chi connectivity index (χ4n) is 0.685. The van der Waals surface area contributed by atoms with Gasteiger partial charge in [-0.15, -0.1) is 11.3 Å². The molecular formula is C6H9N3OS2. The lowest BCUT2D eigenvalue weighted by molar-refractivity contribution is 0.319. The number of aromatic nitrogens is 1. The van der Waals surface area contributed by atoms with Gasteiger partial charge in [0, 0.05) is 18.2 Å². The summed E-state index contributed by atoms with van der Waals surface area (Å²) in [4.78, 5) is 4.14. The molecule has 0 aliphatic rings. The molecule has 1 aromatic rings. The van der Waals surface area contributed by atoms with Gasteiger partial charge in [-0.1, -0.05) is 5.16 Å². The number of hydrogen-bond acceptors (Lipinski definition) is 6. The lowest BCUT2D eigenvalue weighted by atomic mass is 10.3. The third-order valence-electron chi connectivity index (χ3n) is 1.28. The molecule has 4 nitrogen and oxygen atoms in total. The summed E-state index contributed by atoms with van der Waals surface area (Å²) in [7, 11) is 1.79. The summed E-state index contributed by atoms with van der Waals surface area (Å²) in [6.45, 7) is 0. The highest BCUT2D eigenvalue weighted by molar-refractivity contribution is 7.81. The smallest absolute Gasteiger partial charge is 0.182 e. The summed E-state index contributed by atoms with van der Waals surface area (Å²) in [5.74, 6) is 0.378. The fraction of sp³-hybridized carbons (Fsp3) is 0.333. The molecular weight excluding hydrogens is 194 g/mol. The number of nitrogens with zero attached hydrogens (tertiary/aromatic N) is 2. The van der Waals surface area contributed by atoms with Crippen molar-refractivity contribution in [1.29, 1.82) is 0 Å². The van der Waals surface area contributed by atoms with Crippen molar-refractivity contribution in [3.8, 4) is 0 Å². The minimum atomic E-state index is 0.378. The molecule has 0 amide bonds. The zero-order valence-corrected chi connectivity index (χ0v) is 8.19. The predicted molar refractivity (Wildman–Crippen MR) is 53.8 cm³/mol. The van der Waals surface area contributed by atoms with Crippen molar-refractivity contribution in [3.63, 3.8) is 0 Å². The molecule has 2 N–H and O–H groups in total. The first-order chi connectivity index (χ1) is 5.81. The summed E-state index contributed by atoms with van der Waals surface area (Å²) >= 11 is 5.46. The average molecular weight is 203 g/mol. The Bertz CT molecular complexity index is 284. The van der Waals surface area contributed by atoms with Crippen LogP contribution in [0.5, 0.6) is 0 Å². The van der Waals surface area contributed by atoms with Gasteiger partial charge in [-0.2, -0.15) is 12.6 Å². The number of thiazole rings is 1. The third kappa shape index (κ3) is 1.89. The van der Waals surface area contributed by atoms with E-state index < -0.39 is 0 Å². The van der Waals surface area contributed by atoms with Crippen LogP contribution in [0.3, 0.4) is 0 Å². The Morgan fingerprint density at radius 2 is 2.67 bits per heavy atom. The first-order valence-electron chi connectivity index (χ1n) is 3.27. The molecule has 12 heavy (non-hydrogen) atoms. The maximum Gasteiger partial charge on any atom is 0.182 e. The SMILES string of the molecule is CNc1nc(/C(CS)=N\O)cs1. The molecule has 0 fully saturated rings. The number of hydrogen-bond donors (Lipinski definition) is 3. The lowest BCUT2D eigenvalue weighted by Crippen LogP contribution is -2.03. The standard InChI is InChI=1S/C6H9N3OS2/c1-7-6-8-5(3-12-6)4(2-11)9-10/h3,10-11H,2H2,1H3,(H,7,8)/b9-4-. The van der Waals surface area contributed by atoms with Crippen LogP contribution in [0.15, 0.2) is 10.5 Å². The molecule has 0 unspecified atom stereocenters. The van der Waals surface area contributed by atoms with E-state index in [1.165, 1.54) is 11.3 Å². The highest BCUT2D eigenvalue weighted by Crippen LogP contribution is 2.15. The molecule has 1 rings (SSSR count). The van der Waals surface area contributed by atoms with Crippen molar-refractivity contribution in [2.24, 2.45) is 5.16 Å². The average Bonchev–Trinajstić information content (AvgIpc) is 2.55. The number of rotatable bonds is 3. The number of oxime groups is 1. The Kier molecular flexibility index (Phi) is 3.36. The first kappa shape index (κ1) is 9.34. The third-order valence-corrected chi connectivity index (χ3v) is 2.44. The van der Waals surface area contributed by atoms with E-state index in [4.69, 9.17) is 5.21 Å². The monoisotopic (exact) mass is 203 g/mol. The van der Waals surface area contributed by atoms with Crippen LogP contribution in [0.25, 0.3) is 0 Å². The van der Waals surface area contributed by atoms with Gasteiger partial charge in [-0.05, 0) is 0 Å². The molecule has 1 heterocycles. The van der Waals surface area contributed by atoms with Gasteiger partial charge in [-0.25, -0.2) is 4.98 Å². The van der Waals surface area contributed by atoms with Gasteiger partial charge >= 0.3 is 0 Å². The summed E-state index contributed by atoms with van der Waals surface area (Å²) < 4.78 is 0. The molecule has 0 aromatic carbocycles. The topological polar surface area (TPSA) is 57.5 Å². The van der Waals surface area contributed by atoms with Crippen LogP contribution in [0.4, 0.5) is 5.13 Å². The summed E-state index contributed by atoms with van der Waals surface area (Å²) in [5, 5.41) is 17.1. The van der Waals surface area contributed by atoms with E-state index in [-0.39, 0.29) is 0 Å². The maximum absolute atomic E-state index is 8.54. The normalized spacial score (nSPS) is 11.7. The minimum Gasteiger partial charge on any atom is -0.411 e. The van der Waals surface area contributed by atoms with E-state index in [9.17, 15) is 0 Å². The lowest BCUT2D eigenvalue weighted by Gasteiger charge is -1.93. The summed E-state index contributed by atoms with van der Waals surface area (Å²) in [5.41, 5.74) is 1.15. The second-order valence-corrected chi connectivity index (χ2v) is 3.17. The quantitative estimate of drug-likeness (QED) is 0.300. The van der Waals surface area contributed by atoms with E-state index in [0.717, 1.165) is 5.13 Å². The van der Waals surface area contributed by atoms with E-state index >= 15 is 0 Å². The molecule has 1 aromatic heterocycles. The minimum absolute atomic E-state index is 0.378. The molecule has 0 aliphatic heterocycles. The molecule has 66 valence electrons. The Labute approximate surface area is 79.7 Å². The number of anilines is 1. The van der Waals surface area contributed by atoms with Crippen molar-refractivity contribution in [2.75, 3.05) is 18.1 Å². The second kappa shape index (κ2) is 4.32. The van der Waals surface area contributed by atoms with E-state index in [2.05, 4.69) is 28.1 Å². The summed E-state index contributed by atoms with van der Waals surface area (Å²) in [6, 6.07) is 0. The van der Waals surface area contributed by atoms with E-state index in [1.807, 2.05) is 5.38 Å². The molecule has 0 saturated heterocycles. The predicted octanol–water partition coefficient (Wildman–Crippen LogP) is 1.29. The van der Waals surface area contributed by atoms with Gasteiger partial charge in [0.1, 0.15) is 11.4 Å². The highest BCUT2D eigenvalue weighted by Gasteiger charge is 2.06. The van der Waals surface area contributed by atoms with Crippen LogP contribution in [0.1, 0.15) is 5.69 Å². The van der Waals surface area contributed by atoms with Crippen LogP contribution < -0.4 is 5.32 Å². The first-order valence-corrected chi connectivity index (χ1v) is 4.78. The fourth-order valence-corrected chi connectivity index (χ4v) is 1.59. The Morgan fingerprint density at radius 1 is 1.92 bits per heavy atom. The molecule has 0 saturated carbocycles. The van der Waals surface area contributed by atoms with Gasteiger partial charge in [0.25, 0.3) is 0 Å². The Hall–Kier alpha value is -0.750. The van der Waals surface area contributed by atoms with Crippen LogP contribution in [-0.4, -0.2) is 28.7 Å². The van der Waals surface area contributed by atoms with E-state index in [0.29, 0.717) is 17.2 Å². The Morgan fingerprint density at radius 3 is 3.08 bits per heavy atom. The van der Waals surface area contributed by atoms with Gasteiger partial charge in [0.2, 0.25) is 0 Å². The van der Waals surface area contributed by atoms with Crippen molar-refractivity contribution < 1.29 is 5.21 Å². The molecule has 0 bridgehead atoms. The highest BCUT2D eigenvalue weighted by atomic mass is 32.1. The molecule has 6 heteroatoms. The van der Waals surface area contributed by atoms with Gasteiger partial charge in [-0.3, -0.25) is 0 Å². The van der Waals surface area contributed by atoms with Crippen LogP contribution in [0, 0.1) is 0 Å². The van der Waals surface area contributed by atoms with Gasteiger partial charge in [0.05, 0.1) is 0 Å². The number of thiol groups is 1. The van der Waals surface area contributed by atoms with Crippen LogP contribution in [0.2, 0.25) is 0 Å². The molecule has 0 spiro atoms. The van der Waals surface area contributed by atoms with Gasteiger partial charge < -0.3 is 10.5 Å². The van der Waals surface area contributed by atoms with Crippen molar-refractivity contribution in [2.45, 2.75) is 0 Å². The van der Waals surface area contributed by atoms with Crippen LogP contribution in [-0.2, 0) is 0 Å². The molecule has 0 atom stereocenters.